The lowest BCUT2D eigenvalue weighted by Gasteiger charge is -2.19. The zero-order valence-corrected chi connectivity index (χ0v) is 9.86. The average molecular weight is 223 g/mol. The van der Waals surface area contributed by atoms with E-state index in [-0.39, 0.29) is 12.5 Å². The van der Waals surface area contributed by atoms with Crippen molar-refractivity contribution < 1.29 is 9.53 Å². The molecule has 88 valence electrons. The number of carbonyl (C=O) groups is 1. The standard InChI is InChI=1S/C11H17N3O2/c1-11(2,3)16-10(15)8-13-7-9-6-12-4-5-14-9/h4-6,13H,7-8H2,1-3H3. The molecule has 0 unspecified atom stereocenters. The Hall–Kier alpha value is -1.49. The normalized spacial score (nSPS) is 11.2. The van der Waals surface area contributed by atoms with Crippen LogP contribution in [0.15, 0.2) is 18.6 Å². The Morgan fingerprint density at radius 2 is 2.19 bits per heavy atom. The minimum absolute atomic E-state index is 0.174. The first-order chi connectivity index (χ1) is 7.47. The van der Waals surface area contributed by atoms with Crippen LogP contribution in [-0.2, 0) is 16.1 Å². The minimum atomic E-state index is -0.439. The number of hydrogen-bond acceptors (Lipinski definition) is 5. The zero-order valence-electron chi connectivity index (χ0n) is 9.86. The second-order valence-corrected chi connectivity index (χ2v) is 4.39. The average Bonchev–Trinajstić information content (AvgIpc) is 2.16. The largest absolute Gasteiger partial charge is 0.459 e. The van der Waals surface area contributed by atoms with Gasteiger partial charge in [0.05, 0.1) is 12.2 Å². The minimum Gasteiger partial charge on any atom is -0.459 e. The maximum atomic E-state index is 11.3. The lowest BCUT2D eigenvalue weighted by molar-refractivity contribution is -0.153. The van der Waals surface area contributed by atoms with Crippen molar-refractivity contribution in [2.45, 2.75) is 32.9 Å². The Balaban J connectivity index is 2.24. The summed E-state index contributed by atoms with van der Waals surface area (Å²) in [6.45, 7) is 6.20. The van der Waals surface area contributed by atoms with Gasteiger partial charge in [0, 0.05) is 25.1 Å². The first-order valence-electron chi connectivity index (χ1n) is 5.15. The lowest BCUT2D eigenvalue weighted by atomic mass is 10.2. The summed E-state index contributed by atoms with van der Waals surface area (Å²) < 4.78 is 5.14. The molecule has 1 heterocycles. The zero-order chi connectivity index (χ0) is 12.0. The number of ether oxygens (including phenoxy) is 1. The van der Waals surface area contributed by atoms with Gasteiger partial charge in [-0.1, -0.05) is 0 Å². The van der Waals surface area contributed by atoms with Crippen LogP contribution in [0.3, 0.4) is 0 Å². The van der Waals surface area contributed by atoms with Crippen molar-refractivity contribution in [2.24, 2.45) is 0 Å². The SMILES string of the molecule is CC(C)(C)OC(=O)CNCc1cnccn1. The molecular weight excluding hydrogens is 206 g/mol. The van der Waals surface area contributed by atoms with Crippen LogP contribution in [0.4, 0.5) is 0 Å². The molecular formula is C11H17N3O2. The molecule has 0 atom stereocenters. The van der Waals surface area contributed by atoms with E-state index in [1.165, 1.54) is 0 Å². The molecule has 0 radical (unpaired) electrons. The monoisotopic (exact) mass is 223 g/mol. The fourth-order valence-electron chi connectivity index (χ4n) is 1.09. The van der Waals surface area contributed by atoms with Crippen LogP contribution in [0.2, 0.25) is 0 Å². The Morgan fingerprint density at radius 1 is 1.44 bits per heavy atom. The van der Waals surface area contributed by atoms with Crippen LogP contribution in [0.25, 0.3) is 0 Å². The predicted octanol–water partition coefficient (Wildman–Crippen LogP) is 0.908. The first kappa shape index (κ1) is 12.6. The highest BCUT2D eigenvalue weighted by Gasteiger charge is 2.15. The van der Waals surface area contributed by atoms with Crippen LogP contribution in [0.5, 0.6) is 0 Å². The first-order valence-corrected chi connectivity index (χ1v) is 5.15. The predicted molar refractivity (Wildman–Crippen MR) is 59.6 cm³/mol. The third-order valence-electron chi connectivity index (χ3n) is 1.61. The van der Waals surface area contributed by atoms with Gasteiger partial charge in [0.1, 0.15) is 5.60 Å². The van der Waals surface area contributed by atoms with Crippen molar-refractivity contribution >= 4 is 5.97 Å². The third-order valence-corrected chi connectivity index (χ3v) is 1.61. The molecule has 0 spiro atoms. The van der Waals surface area contributed by atoms with E-state index in [9.17, 15) is 4.79 Å². The summed E-state index contributed by atoms with van der Waals surface area (Å²) in [5.74, 6) is -0.267. The molecule has 0 aromatic carbocycles. The van der Waals surface area contributed by atoms with Crippen molar-refractivity contribution in [3.8, 4) is 0 Å². The van der Waals surface area contributed by atoms with E-state index < -0.39 is 5.60 Å². The van der Waals surface area contributed by atoms with E-state index in [4.69, 9.17) is 4.74 Å². The van der Waals surface area contributed by atoms with E-state index in [0.717, 1.165) is 5.69 Å². The van der Waals surface area contributed by atoms with E-state index in [1.807, 2.05) is 20.8 Å². The summed E-state index contributed by atoms with van der Waals surface area (Å²) in [6, 6.07) is 0. The van der Waals surface area contributed by atoms with Crippen molar-refractivity contribution in [3.05, 3.63) is 24.3 Å². The molecule has 1 N–H and O–H groups in total. The third kappa shape index (κ3) is 5.41. The molecule has 0 fully saturated rings. The van der Waals surface area contributed by atoms with Crippen LogP contribution in [0, 0.1) is 0 Å². The summed E-state index contributed by atoms with van der Waals surface area (Å²) >= 11 is 0. The van der Waals surface area contributed by atoms with E-state index in [2.05, 4.69) is 15.3 Å². The van der Waals surface area contributed by atoms with Gasteiger partial charge in [0.25, 0.3) is 0 Å². The van der Waals surface area contributed by atoms with E-state index in [0.29, 0.717) is 6.54 Å². The summed E-state index contributed by atoms with van der Waals surface area (Å²) in [5, 5.41) is 2.95. The molecule has 5 nitrogen and oxygen atoms in total. The molecule has 16 heavy (non-hydrogen) atoms. The van der Waals surface area contributed by atoms with Gasteiger partial charge in [0.15, 0.2) is 0 Å². The van der Waals surface area contributed by atoms with Gasteiger partial charge in [-0.3, -0.25) is 14.8 Å². The second-order valence-electron chi connectivity index (χ2n) is 4.39. The summed E-state index contributed by atoms with van der Waals surface area (Å²) in [5.41, 5.74) is 0.358. The topological polar surface area (TPSA) is 64.1 Å². The van der Waals surface area contributed by atoms with Crippen molar-refractivity contribution in [1.82, 2.24) is 15.3 Å². The quantitative estimate of drug-likeness (QED) is 0.768. The molecule has 0 saturated carbocycles. The van der Waals surface area contributed by atoms with Crippen molar-refractivity contribution in [2.75, 3.05) is 6.54 Å². The molecule has 1 aromatic rings. The fraction of sp³-hybridized carbons (Fsp3) is 0.545. The number of hydrogen-bond donors (Lipinski definition) is 1. The summed E-state index contributed by atoms with van der Waals surface area (Å²) in [7, 11) is 0. The lowest BCUT2D eigenvalue weighted by Crippen LogP contribution is -2.31. The molecule has 1 aromatic heterocycles. The van der Waals surface area contributed by atoms with E-state index >= 15 is 0 Å². The Morgan fingerprint density at radius 3 is 2.75 bits per heavy atom. The van der Waals surface area contributed by atoms with E-state index in [1.54, 1.807) is 18.6 Å². The van der Waals surface area contributed by atoms with Gasteiger partial charge in [0.2, 0.25) is 0 Å². The van der Waals surface area contributed by atoms with Gasteiger partial charge >= 0.3 is 5.97 Å². The molecule has 0 saturated heterocycles. The van der Waals surface area contributed by atoms with Crippen molar-refractivity contribution in [1.29, 1.82) is 0 Å². The highest BCUT2D eigenvalue weighted by Crippen LogP contribution is 2.06. The molecule has 0 bridgehead atoms. The highest BCUT2D eigenvalue weighted by molar-refractivity contribution is 5.72. The number of nitrogens with zero attached hydrogens (tertiary/aromatic N) is 2. The Kier molecular flexibility index (Phi) is 4.37. The van der Waals surface area contributed by atoms with Crippen LogP contribution >= 0.6 is 0 Å². The van der Waals surface area contributed by atoms with Crippen LogP contribution < -0.4 is 5.32 Å². The van der Waals surface area contributed by atoms with Gasteiger partial charge in [-0.2, -0.15) is 0 Å². The second kappa shape index (κ2) is 5.55. The smallest absolute Gasteiger partial charge is 0.320 e. The number of nitrogens with one attached hydrogen (secondary N) is 1. The molecule has 5 heteroatoms. The number of carbonyl (C=O) groups excluding carboxylic acids is 1. The maximum absolute atomic E-state index is 11.3. The Labute approximate surface area is 95.3 Å². The highest BCUT2D eigenvalue weighted by atomic mass is 16.6. The maximum Gasteiger partial charge on any atom is 0.320 e. The summed E-state index contributed by atoms with van der Waals surface area (Å²) in [6.07, 6.45) is 4.88. The number of esters is 1. The van der Waals surface area contributed by atoms with Crippen molar-refractivity contribution in [3.63, 3.8) is 0 Å². The molecule has 1 rings (SSSR count). The van der Waals surface area contributed by atoms with Gasteiger partial charge in [-0.15, -0.1) is 0 Å². The molecule has 0 aliphatic heterocycles. The van der Waals surface area contributed by atoms with Gasteiger partial charge in [-0.25, -0.2) is 0 Å². The number of rotatable bonds is 4. The van der Waals surface area contributed by atoms with Gasteiger partial charge < -0.3 is 10.1 Å². The fourth-order valence-corrected chi connectivity index (χ4v) is 1.09. The van der Waals surface area contributed by atoms with Crippen LogP contribution in [0.1, 0.15) is 26.5 Å². The molecule has 0 amide bonds. The Bertz CT molecular complexity index is 333. The van der Waals surface area contributed by atoms with Gasteiger partial charge in [-0.05, 0) is 20.8 Å². The number of aromatic nitrogens is 2. The van der Waals surface area contributed by atoms with Crippen LogP contribution in [-0.4, -0.2) is 28.1 Å². The molecule has 0 aliphatic rings. The summed E-state index contributed by atoms with van der Waals surface area (Å²) in [4.78, 5) is 19.3. The molecule has 0 aliphatic carbocycles.